The van der Waals surface area contributed by atoms with Crippen LogP contribution in [0.1, 0.15) is 10.4 Å². The Hall–Kier alpha value is -1.47. The van der Waals surface area contributed by atoms with Crippen LogP contribution in [-0.2, 0) is 4.79 Å². The van der Waals surface area contributed by atoms with Crippen LogP contribution in [-0.4, -0.2) is 34.7 Å². The van der Waals surface area contributed by atoms with E-state index in [0.717, 1.165) is 0 Å². The summed E-state index contributed by atoms with van der Waals surface area (Å²) >= 11 is 2.91. The van der Waals surface area contributed by atoms with Crippen molar-refractivity contribution in [2.45, 2.75) is 6.04 Å². The van der Waals surface area contributed by atoms with Crippen molar-refractivity contribution in [1.82, 2.24) is 5.32 Å². The van der Waals surface area contributed by atoms with Crippen molar-refractivity contribution >= 4 is 27.8 Å². The molecule has 0 saturated heterocycles. The lowest BCUT2D eigenvalue weighted by atomic mass is 10.2. The lowest BCUT2D eigenvalue weighted by Crippen LogP contribution is -2.43. The van der Waals surface area contributed by atoms with Crippen molar-refractivity contribution in [3.8, 4) is 0 Å². The summed E-state index contributed by atoms with van der Waals surface area (Å²) in [5, 5.41) is 19.3. The topological polar surface area (TPSA) is 86.6 Å². The zero-order chi connectivity index (χ0) is 13.0. The van der Waals surface area contributed by atoms with E-state index < -0.39 is 30.3 Å². The van der Waals surface area contributed by atoms with Gasteiger partial charge in [-0.1, -0.05) is 6.07 Å². The molecule has 0 aliphatic carbocycles. The van der Waals surface area contributed by atoms with Crippen LogP contribution in [0, 0.1) is 5.82 Å². The van der Waals surface area contributed by atoms with Gasteiger partial charge in [-0.05, 0) is 28.1 Å². The molecule has 3 N–H and O–H groups in total. The molecule has 92 valence electrons. The Morgan fingerprint density at radius 2 is 2.12 bits per heavy atom. The quantitative estimate of drug-likeness (QED) is 0.766. The highest BCUT2D eigenvalue weighted by atomic mass is 79.9. The number of rotatable bonds is 4. The molecule has 17 heavy (non-hydrogen) atoms. The van der Waals surface area contributed by atoms with Gasteiger partial charge in [0.1, 0.15) is 5.82 Å². The summed E-state index contributed by atoms with van der Waals surface area (Å²) in [6.07, 6.45) is 0. The number of aliphatic hydroxyl groups is 1. The number of carbonyl (C=O) groups is 2. The average molecular weight is 306 g/mol. The summed E-state index contributed by atoms with van der Waals surface area (Å²) in [5.74, 6) is -3.08. The fourth-order valence-electron chi connectivity index (χ4n) is 1.10. The van der Waals surface area contributed by atoms with E-state index in [0.29, 0.717) is 0 Å². The molecule has 0 fully saturated rings. The van der Waals surface area contributed by atoms with Gasteiger partial charge in [0, 0.05) is 0 Å². The fraction of sp³-hybridized carbons (Fsp3) is 0.200. The summed E-state index contributed by atoms with van der Waals surface area (Å²) in [4.78, 5) is 22.1. The number of aliphatic hydroxyl groups excluding tert-OH is 1. The van der Waals surface area contributed by atoms with E-state index in [1.54, 1.807) is 0 Å². The second-order valence-electron chi connectivity index (χ2n) is 3.15. The smallest absolute Gasteiger partial charge is 0.328 e. The van der Waals surface area contributed by atoms with E-state index in [4.69, 9.17) is 10.2 Å². The lowest BCUT2D eigenvalue weighted by Gasteiger charge is -2.12. The molecular formula is C10H9BrFNO4. The fourth-order valence-corrected chi connectivity index (χ4v) is 1.47. The predicted octanol–water partition coefficient (Wildman–Crippen LogP) is 0.763. The van der Waals surface area contributed by atoms with Crippen molar-refractivity contribution < 1.29 is 24.2 Å². The number of halogens is 2. The molecule has 1 unspecified atom stereocenters. The Morgan fingerprint density at radius 3 is 2.65 bits per heavy atom. The number of hydrogen-bond acceptors (Lipinski definition) is 3. The molecule has 0 bridgehead atoms. The van der Waals surface area contributed by atoms with Crippen molar-refractivity contribution in [1.29, 1.82) is 0 Å². The molecule has 7 heteroatoms. The van der Waals surface area contributed by atoms with Gasteiger partial charge in [-0.15, -0.1) is 0 Å². The SMILES string of the molecule is O=C(NC(CO)C(=O)O)c1cccc(Br)c1F. The van der Waals surface area contributed by atoms with Crippen LogP contribution < -0.4 is 5.32 Å². The monoisotopic (exact) mass is 305 g/mol. The minimum Gasteiger partial charge on any atom is -0.480 e. The largest absolute Gasteiger partial charge is 0.480 e. The standard InChI is InChI=1S/C10H9BrFNO4/c11-6-3-1-2-5(8(6)12)9(15)13-7(4-14)10(16)17/h1-3,7,14H,4H2,(H,13,15)(H,16,17). The van der Waals surface area contributed by atoms with Gasteiger partial charge in [-0.25, -0.2) is 9.18 Å². The van der Waals surface area contributed by atoms with E-state index in [1.807, 2.05) is 5.32 Å². The molecule has 0 aliphatic heterocycles. The number of amides is 1. The molecule has 1 rings (SSSR count). The zero-order valence-electron chi connectivity index (χ0n) is 8.48. The highest BCUT2D eigenvalue weighted by molar-refractivity contribution is 9.10. The molecule has 0 spiro atoms. The number of carbonyl (C=O) groups excluding carboxylic acids is 1. The number of carboxylic acid groups (broad SMARTS) is 1. The van der Waals surface area contributed by atoms with Gasteiger partial charge in [-0.3, -0.25) is 4.79 Å². The zero-order valence-corrected chi connectivity index (χ0v) is 10.1. The van der Waals surface area contributed by atoms with E-state index in [-0.39, 0.29) is 10.0 Å². The second kappa shape index (κ2) is 5.74. The highest BCUT2D eigenvalue weighted by Gasteiger charge is 2.21. The predicted molar refractivity (Wildman–Crippen MR) is 60.1 cm³/mol. The summed E-state index contributed by atoms with van der Waals surface area (Å²) < 4.78 is 13.6. The van der Waals surface area contributed by atoms with Gasteiger partial charge in [0.25, 0.3) is 5.91 Å². The molecule has 1 atom stereocenters. The van der Waals surface area contributed by atoms with Gasteiger partial charge in [0.2, 0.25) is 0 Å². The molecule has 0 aromatic heterocycles. The first kappa shape index (κ1) is 13.6. The Labute approximate surface area is 104 Å². The van der Waals surface area contributed by atoms with E-state index >= 15 is 0 Å². The minimum atomic E-state index is -1.46. The second-order valence-corrected chi connectivity index (χ2v) is 4.00. The van der Waals surface area contributed by atoms with Crippen LogP contribution in [0.25, 0.3) is 0 Å². The molecule has 1 aromatic carbocycles. The van der Waals surface area contributed by atoms with Gasteiger partial charge >= 0.3 is 5.97 Å². The van der Waals surface area contributed by atoms with Crippen LogP contribution in [0.5, 0.6) is 0 Å². The van der Waals surface area contributed by atoms with Gasteiger partial charge < -0.3 is 15.5 Å². The molecule has 5 nitrogen and oxygen atoms in total. The van der Waals surface area contributed by atoms with Crippen LogP contribution in [0.2, 0.25) is 0 Å². The minimum absolute atomic E-state index is 0.0982. The third-order valence-electron chi connectivity index (χ3n) is 1.98. The number of aliphatic carboxylic acids is 1. The van der Waals surface area contributed by atoms with Crippen LogP contribution in [0.3, 0.4) is 0 Å². The van der Waals surface area contributed by atoms with Crippen molar-refractivity contribution in [3.05, 3.63) is 34.1 Å². The van der Waals surface area contributed by atoms with Crippen molar-refractivity contribution in [3.63, 3.8) is 0 Å². The molecule has 0 heterocycles. The first-order valence-corrected chi connectivity index (χ1v) is 5.35. The van der Waals surface area contributed by atoms with Gasteiger partial charge in [0.15, 0.2) is 6.04 Å². The molecular weight excluding hydrogens is 297 g/mol. The lowest BCUT2D eigenvalue weighted by molar-refractivity contribution is -0.140. The van der Waals surface area contributed by atoms with Gasteiger partial charge in [0.05, 0.1) is 16.6 Å². The van der Waals surface area contributed by atoms with Crippen LogP contribution in [0.4, 0.5) is 4.39 Å². The van der Waals surface area contributed by atoms with Crippen LogP contribution in [0.15, 0.2) is 22.7 Å². The Bertz CT molecular complexity index is 452. The molecule has 0 radical (unpaired) electrons. The maximum Gasteiger partial charge on any atom is 0.328 e. The van der Waals surface area contributed by atoms with Gasteiger partial charge in [-0.2, -0.15) is 0 Å². The first-order valence-electron chi connectivity index (χ1n) is 4.56. The highest BCUT2D eigenvalue weighted by Crippen LogP contribution is 2.18. The molecule has 1 aromatic rings. The van der Waals surface area contributed by atoms with Crippen molar-refractivity contribution in [2.75, 3.05) is 6.61 Å². The van der Waals surface area contributed by atoms with E-state index in [2.05, 4.69) is 15.9 Å². The Balaban J connectivity index is 2.90. The number of nitrogens with one attached hydrogen (secondary N) is 1. The third-order valence-corrected chi connectivity index (χ3v) is 2.59. The van der Waals surface area contributed by atoms with Crippen molar-refractivity contribution in [2.24, 2.45) is 0 Å². The first-order chi connectivity index (χ1) is 7.97. The van der Waals surface area contributed by atoms with Crippen LogP contribution >= 0.6 is 15.9 Å². The Kier molecular flexibility index (Phi) is 4.59. The summed E-state index contributed by atoms with van der Waals surface area (Å²) in [6.45, 7) is -0.767. The molecule has 1 amide bonds. The van der Waals surface area contributed by atoms with E-state index in [1.165, 1.54) is 18.2 Å². The molecule has 0 aliphatic rings. The third kappa shape index (κ3) is 3.24. The summed E-state index contributed by atoms with van der Waals surface area (Å²) in [5.41, 5.74) is -0.293. The number of carboxylic acids is 1. The molecule has 0 saturated carbocycles. The Morgan fingerprint density at radius 1 is 1.47 bits per heavy atom. The van der Waals surface area contributed by atoms with E-state index in [9.17, 15) is 14.0 Å². The average Bonchev–Trinajstić information content (AvgIpc) is 2.28. The maximum absolute atomic E-state index is 13.5. The summed E-state index contributed by atoms with van der Waals surface area (Å²) in [7, 11) is 0. The number of benzene rings is 1. The maximum atomic E-state index is 13.5. The summed E-state index contributed by atoms with van der Waals surface area (Å²) in [6, 6.07) is 2.61. The number of hydrogen-bond donors (Lipinski definition) is 3. The normalized spacial score (nSPS) is 11.9.